The molecule has 0 heterocycles. The third kappa shape index (κ3) is 5.49. The number of hydrogen-bond acceptors (Lipinski definition) is 5. The molecule has 6 nitrogen and oxygen atoms in total. The smallest absolute Gasteiger partial charge is 0.277 e. The van der Waals surface area contributed by atoms with Crippen molar-refractivity contribution in [3.63, 3.8) is 0 Å². The predicted octanol–water partition coefficient (Wildman–Crippen LogP) is 3.25. The van der Waals surface area contributed by atoms with Gasteiger partial charge in [0.25, 0.3) is 5.91 Å². The van der Waals surface area contributed by atoms with Gasteiger partial charge >= 0.3 is 0 Å². The molecule has 0 fully saturated rings. The highest BCUT2D eigenvalue weighted by Crippen LogP contribution is 2.26. The summed E-state index contributed by atoms with van der Waals surface area (Å²) >= 11 is 3.42. The van der Waals surface area contributed by atoms with E-state index < -0.39 is 0 Å². The van der Waals surface area contributed by atoms with Crippen molar-refractivity contribution in [2.75, 3.05) is 13.7 Å². The minimum Gasteiger partial charge on any atom is -0.504 e. The maximum absolute atomic E-state index is 11.8. The Bertz CT molecular complexity index is 778. The van der Waals surface area contributed by atoms with Crippen LogP contribution in [0.5, 0.6) is 17.2 Å². The summed E-state index contributed by atoms with van der Waals surface area (Å²) in [7, 11) is 1.47. The van der Waals surface area contributed by atoms with Gasteiger partial charge in [-0.1, -0.05) is 13.0 Å². The Morgan fingerprint density at radius 1 is 1.28 bits per heavy atom. The number of carbonyl (C=O) groups is 1. The van der Waals surface area contributed by atoms with Crippen LogP contribution in [0.4, 0.5) is 0 Å². The minimum atomic E-state index is -0.388. The topological polar surface area (TPSA) is 80.2 Å². The van der Waals surface area contributed by atoms with Gasteiger partial charge in [-0.3, -0.25) is 4.79 Å². The van der Waals surface area contributed by atoms with E-state index in [2.05, 4.69) is 33.4 Å². The maximum atomic E-state index is 11.8. The molecule has 0 spiro atoms. The van der Waals surface area contributed by atoms with Gasteiger partial charge in [-0.05, 0) is 63.8 Å². The molecule has 0 bridgehead atoms. The van der Waals surface area contributed by atoms with E-state index >= 15 is 0 Å². The van der Waals surface area contributed by atoms with Gasteiger partial charge < -0.3 is 14.6 Å². The molecule has 0 atom stereocenters. The van der Waals surface area contributed by atoms with Crippen LogP contribution in [0.1, 0.15) is 18.1 Å². The summed E-state index contributed by atoms with van der Waals surface area (Å²) in [5.74, 6) is 0.576. The summed E-state index contributed by atoms with van der Waals surface area (Å²) in [6, 6.07) is 10.5. The van der Waals surface area contributed by atoms with Crippen LogP contribution < -0.4 is 14.9 Å². The lowest BCUT2D eigenvalue weighted by molar-refractivity contribution is -0.123. The van der Waals surface area contributed by atoms with E-state index in [-0.39, 0.29) is 18.3 Å². The molecule has 25 heavy (non-hydrogen) atoms. The number of ether oxygens (including phenoxy) is 2. The molecule has 0 aliphatic carbocycles. The highest BCUT2D eigenvalue weighted by Gasteiger charge is 2.06. The van der Waals surface area contributed by atoms with Crippen molar-refractivity contribution < 1.29 is 19.4 Å². The van der Waals surface area contributed by atoms with Crippen molar-refractivity contribution in [2.45, 2.75) is 13.3 Å². The number of nitrogens with one attached hydrogen (secondary N) is 1. The Labute approximate surface area is 154 Å². The van der Waals surface area contributed by atoms with Crippen LogP contribution in [0.25, 0.3) is 0 Å². The van der Waals surface area contributed by atoms with Crippen LogP contribution in [0.3, 0.4) is 0 Å². The molecule has 2 rings (SSSR count). The Hall–Kier alpha value is -2.54. The Morgan fingerprint density at radius 3 is 2.68 bits per heavy atom. The number of hydrazone groups is 1. The van der Waals surface area contributed by atoms with Crippen molar-refractivity contribution in [2.24, 2.45) is 5.10 Å². The largest absolute Gasteiger partial charge is 0.504 e. The summed E-state index contributed by atoms with van der Waals surface area (Å²) < 4.78 is 11.2. The summed E-state index contributed by atoms with van der Waals surface area (Å²) in [5, 5.41) is 13.5. The summed E-state index contributed by atoms with van der Waals surface area (Å²) in [6.45, 7) is 1.91. The van der Waals surface area contributed by atoms with Crippen molar-refractivity contribution >= 4 is 28.1 Å². The van der Waals surface area contributed by atoms with Gasteiger partial charge in [-0.2, -0.15) is 5.10 Å². The standard InChI is InChI=1S/C18H19BrN2O4/c1-3-12-4-6-16(14(19)8-12)25-11-18(23)21-20-10-13-5-7-17(24-2)15(22)9-13/h4-10,22H,3,11H2,1-2H3,(H,21,23)/b20-10+. The van der Waals surface area contributed by atoms with Gasteiger partial charge in [-0.25, -0.2) is 5.43 Å². The summed E-state index contributed by atoms with van der Waals surface area (Å²) in [6.07, 6.45) is 2.35. The normalized spacial score (nSPS) is 10.7. The van der Waals surface area contributed by atoms with Gasteiger partial charge in [-0.15, -0.1) is 0 Å². The molecule has 0 saturated heterocycles. The number of carbonyl (C=O) groups excluding carboxylic acids is 1. The Morgan fingerprint density at radius 2 is 2.04 bits per heavy atom. The van der Waals surface area contributed by atoms with Crippen molar-refractivity contribution in [1.82, 2.24) is 5.43 Å². The average molecular weight is 407 g/mol. The molecule has 132 valence electrons. The summed E-state index contributed by atoms with van der Waals surface area (Å²) in [5.41, 5.74) is 4.17. The second kappa shape index (κ2) is 9.08. The first kappa shape index (κ1) is 18.8. The zero-order chi connectivity index (χ0) is 18.2. The monoisotopic (exact) mass is 406 g/mol. The molecule has 0 aliphatic rings. The van der Waals surface area contributed by atoms with E-state index in [1.807, 2.05) is 18.2 Å². The first-order valence-corrected chi connectivity index (χ1v) is 8.43. The number of benzene rings is 2. The fraction of sp³-hybridized carbons (Fsp3) is 0.222. The van der Waals surface area contributed by atoms with Crippen molar-refractivity contribution in [1.29, 1.82) is 0 Å². The van der Waals surface area contributed by atoms with Crippen LogP contribution in [-0.4, -0.2) is 30.9 Å². The molecular formula is C18H19BrN2O4. The fourth-order valence-corrected chi connectivity index (χ4v) is 2.56. The van der Waals surface area contributed by atoms with Crippen molar-refractivity contribution in [3.05, 3.63) is 52.0 Å². The van der Waals surface area contributed by atoms with Gasteiger partial charge in [0, 0.05) is 0 Å². The molecule has 1 amide bonds. The van der Waals surface area contributed by atoms with E-state index in [9.17, 15) is 9.90 Å². The van der Waals surface area contributed by atoms with Gasteiger partial charge in [0.15, 0.2) is 18.1 Å². The molecule has 2 aromatic rings. The summed E-state index contributed by atoms with van der Waals surface area (Å²) in [4.78, 5) is 11.8. The first-order valence-electron chi connectivity index (χ1n) is 7.63. The second-order valence-corrected chi connectivity index (χ2v) is 5.99. The van der Waals surface area contributed by atoms with Crippen LogP contribution in [0, 0.1) is 0 Å². The molecule has 0 aromatic heterocycles. The fourth-order valence-electron chi connectivity index (χ4n) is 2.02. The number of aromatic hydroxyl groups is 1. The van der Waals surface area contributed by atoms with Crippen LogP contribution in [-0.2, 0) is 11.2 Å². The number of phenolic OH excluding ortho intramolecular Hbond substituents is 1. The lowest BCUT2D eigenvalue weighted by Gasteiger charge is -2.08. The molecule has 2 N–H and O–H groups in total. The number of phenols is 1. The van der Waals surface area contributed by atoms with E-state index in [0.29, 0.717) is 17.1 Å². The highest BCUT2D eigenvalue weighted by molar-refractivity contribution is 9.10. The van der Waals surface area contributed by atoms with E-state index in [0.717, 1.165) is 10.9 Å². The lowest BCUT2D eigenvalue weighted by Crippen LogP contribution is -2.24. The third-order valence-electron chi connectivity index (χ3n) is 3.37. The molecule has 0 radical (unpaired) electrons. The Kier molecular flexibility index (Phi) is 6.82. The number of methoxy groups -OCH3 is 1. The van der Waals surface area contributed by atoms with Crippen molar-refractivity contribution in [3.8, 4) is 17.2 Å². The lowest BCUT2D eigenvalue weighted by atomic mass is 10.2. The van der Waals surface area contributed by atoms with Gasteiger partial charge in [0.2, 0.25) is 0 Å². The van der Waals surface area contributed by atoms with Crippen LogP contribution in [0.15, 0.2) is 46.0 Å². The first-order chi connectivity index (χ1) is 12.0. The number of hydrogen-bond donors (Lipinski definition) is 2. The molecular weight excluding hydrogens is 388 g/mol. The SMILES string of the molecule is CCc1ccc(OCC(=O)N/N=C/c2ccc(OC)c(O)c2)c(Br)c1. The van der Waals surface area contributed by atoms with E-state index in [4.69, 9.17) is 9.47 Å². The molecule has 0 unspecified atom stereocenters. The molecule has 7 heteroatoms. The number of halogens is 1. The van der Waals surface area contributed by atoms with Crippen LogP contribution >= 0.6 is 15.9 Å². The quantitative estimate of drug-likeness (QED) is 0.546. The predicted molar refractivity (Wildman–Crippen MR) is 99.4 cm³/mol. The second-order valence-electron chi connectivity index (χ2n) is 5.13. The molecule has 0 aliphatic heterocycles. The van der Waals surface area contributed by atoms with E-state index in [1.165, 1.54) is 25.0 Å². The Balaban J connectivity index is 1.85. The van der Waals surface area contributed by atoms with Crippen LogP contribution in [0.2, 0.25) is 0 Å². The van der Waals surface area contributed by atoms with Gasteiger partial charge in [0.1, 0.15) is 5.75 Å². The molecule has 0 saturated carbocycles. The maximum Gasteiger partial charge on any atom is 0.277 e. The highest BCUT2D eigenvalue weighted by atomic mass is 79.9. The number of rotatable bonds is 7. The van der Waals surface area contributed by atoms with E-state index in [1.54, 1.807) is 12.1 Å². The number of amides is 1. The molecule has 2 aromatic carbocycles. The zero-order valence-corrected chi connectivity index (χ0v) is 15.5. The average Bonchev–Trinajstić information content (AvgIpc) is 2.60. The number of aryl methyl sites for hydroxylation is 1. The zero-order valence-electron chi connectivity index (χ0n) is 14.0. The number of nitrogens with zero attached hydrogens (tertiary/aromatic N) is 1. The van der Waals surface area contributed by atoms with Gasteiger partial charge in [0.05, 0.1) is 17.8 Å². The third-order valence-corrected chi connectivity index (χ3v) is 3.99. The minimum absolute atomic E-state index is 0.00138.